The van der Waals surface area contributed by atoms with Crippen molar-refractivity contribution < 1.29 is 26.3 Å². The molecule has 164 valence electrons. The zero-order chi connectivity index (χ0) is 23.1. The van der Waals surface area contributed by atoms with Crippen molar-refractivity contribution in [2.24, 2.45) is 0 Å². The maximum absolute atomic E-state index is 13.0. The summed E-state index contributed by atoms with van der Waals surface area (Å²) in [6.45, 7) is 0. The van der Waals surface area contributed by atoms with Gasteiger partial charge in [0, 0.05) is 13.3 Å². The van der Waals surface area contributed by atoms with Gasteiger partial charge in [0.2, 0.25) is 0 Å². The number of alkyl halides is 6. The van der Waals surface area contributed by atoms with Crippen LogP contribution >= 0.6 is 7.92 Å². The van der Waals surface area contributed by atoms with Crippen LogP contribution in [0, 0.1) is 0 Å². The normalized spacial score (nSPS) is 12.5. The van der Waals surface area contributed by atoms with Gasteiger partial charge in [-0.15, -0.1) is 0 Å². The van der Waals surface area contributed by atoms with Gasteiger partial charge in [-0.25, -0.2) is 0 Å². The molecule has 3 aromatic carbocycles. The van der Waals surface area contributed by atoms with E-state index in [4.69, 9.17) is 0 Å². The fourth-order valence-electron chi connectivity index (χ4n) is 3.34. The molecule has 1 N–H and O–H groups in total. The van der Waals surface area contributed by atoms with Crippen molar-refractivity contribution in [2.45, 2.75) is 12.4 Å². The highest BCUT2D eigenvalue weighted by molar-refractivity contribution is 7.79. The molecule has 0 aliphatic carbocycles. The Kier molecular flexibility index (Phi) is 5.59. The third-order valence-electron chi connectivity index (χ3n) is 4.89. The number of nitrogens with one attached hydrogen (secondary N) is 1. The first-order chi connectivity index (χ1) is 15.0. The Bertz CT molecular complexity index is 1250. The minimum absolute atomic E-state index is 0.385. The number of pyridine rings is 1. The van der Waals surface area contributed by atoms with Gasteiger partial charge in [-0.1, -0.05) is 42.5 Å². The van der Waals surface area contributed by atoms with E-state index in [9.17, 15) is 31.1 Å². The third kappa shape index (κ3) is 4.41. The summed E-state index contributed by atoms with van der Waals surface area (Å²) in [5.74, 6) is 0. The van der Waals surface area contributed by atoms with Gasteiger partial charge in [0.15, 0.2) is 0 Å². The lowest BCUT2D eigenvalue weighted by Crippen LogP contribution is -2.27. The van der Waals surface area contributed by atoms with E-state index in [0.717, 1.165) is 24.3 Å². The quantitative estimate of drug-likeness (QED) is 0.322. The lowest BCUT2D eigenvalue weighted by Gasteiger charge is -2.20. The maximum atomic E-state index is 13.0. The van der Waals surface area contributed by atoms with Crippen molar-refractivity contribution in [2.75, 3.05) is 0 Å². The number of aromatic nitrogens is 1. The monoisotopic (exact) mass is 465 g/mol. The number of H-pyrrole nitrogens is 1. The molecule has 0 radical (unpaired) electrons. The molecule has 0 saturated carbocycles. The van der Waals surface area contributed by atoms with Crippen LogP contribution in [0.5, 0.6) is 0 Å². The Morgan fingerprint density at radius 2 is 1.12 bits per heavy atom. The molecule has 0 aliphatic rings. The first-order valence-corrected chi connectivity index (χ1v) is 10.6. The molecule has 0 saturated heterocycles. The Labute approximate surface area is 179 Å². The molecule has 0 spiro atoms. The van der Waals surface area contributed by atoms with Crippen molar-refractivity contribution in [3.8, 4) is 0 Å². The van der Waals surface area contributed by atoms with Crippen LogP contribution in [0.25, 0.3) is 10.8 Å². The molecule has 0 amide bonds. The number of rotatable bonds is 3. The zero-order valence-electron chi connectivity index (χ0n) is 16.1. The van der Waals surface area contributed by atoms with Gasteiger partial charge in [0.1, 0.15) is 0 Å². The predicted octanol–water partition coefficient (Wildman–Crippen LogP) is 5.32. The van der Waals surface area contributed by atoms with Crippen molar-refractivity contribution in [3.05, 3.63) is 100 Å². The molecule has 32 heavy (non-hydrogen) atoms. The summed E-state index contributed by atoms with van der Waals surface area (Å²) in [4.78, 5) is 15.4. The molecule has 4 aromatic rings. The van der Waals surface area contributed by atoms with Gasteiger partial charge in [-0.05, 0) is 52.4 Å². The molecule has 2 nitrogen and oxygen atoms in total. The average molecular weight is 465 g/mol. The molecular formula is C23H14F6NOP. The van der Waals surface area contributed by atoms with E-state index in [1.54, 1.807) is 30.3 Å². The highest BCUT2D eigenvalue weighted by atomic mass is 31.1. The Balaban J connectivity index is 1.88. The van der Waals surface area contributed by atoms with Crippen molar-refractivity contribution in [3.63, 3.8) is 0 Å². The molecule has 9 heteroatoms. The topological polar surface area (TPSA) is 32.9 Å². The summed E-state index contributed by atoms with van der Waals surface area (Å²) in [7, 11) is -1.62. The summed E-state index contributed by atoms with van der Waals surface area (Å²) < 4.78 is 78.0. The minimum Gasteiger partial charge on any atom is -0.321 e. The van der Waals surface area contributed by atoms with Gasteiger partial charge in [-0.3, -0.25) is 4.79 Å². The third-order valence-corrected chi connectivity index (χ3v) is 7.24. The Morgan fingerprint density at radius 3 is 1.59 bits per heavy atom. The summed E-state index contributed by atoms with van der Waals surface area (Å²) >= 11 is 0. The second kappa shape index (κ2) is 8.10. The number of benzene rings is 3. The number of fused-ring (bicyclic) bond motifs is 1. The van der Waals surface area contributed by atoms with Gasteiger partial charge in [0.05, 0.1) is 16.6 Å². The number of halogens is 6. The highest BCUT2D eigenvalue weighted by Gasteiger charge is 2.32. The highest BCUT2D eigenvalue weighted by Crippen LogP contribution is 2.36. The molecule has 0 aliphatic heterocycles. The average Bonchev–Trinajstić information content (AvgIpc) is 2.74. The largest absolute Gasteiger partial charge is 0.416 e. The molecule has 0 fully saturated rings. The van der Waals surface area contributed by atoms with Crippen LogP contribution in [-0.4, -0.2) is 4.98 Å². The van der Waals surface area contributed by atoms with Crippen LogP contribution in [0.1, 0.15) is 11.1 Å². The second-order valence-corrected chi connectivity index (χ2v) is 9.18. The van der Waals surface area contributed by atoms with Crippen LogP contribution in [0.4, 0.5) is 26.3 Å². The van der Waals surface area contributed by atoms with Crippen molar-refractivity contribution in [1.82, 2.24) is 4.98 Å². The summed E-state index contributed by atoms with van der Waals surface area (Å²) in [5.41, 5.74) is -1.64. The number of hydrogen-bond acceptors (Lipinski definition) is 1. The SMILES string of the molecule is O=c1[nH]c(P(c2ccc(C(F)(F)F)cc2)c2ccc(C(F)(F)F)cc2)cc2ccccc12. The van der Waals surface area contributed by atoms with E-state index in [2.05, 4.69) is 4.98 Å². The van der Waals surface area contributed by atoms with E-state index < -0.39 is 31.4 Å². The van der Waals surface area contributed by atoms with Crippen LogP contribution in [0.2, 0.25) is 0 Å². The van der Waals surface area contributed by atoms with Gasteiger partial charge >= 0.3 is 12.4 Å². The van der Waals surface area contributed by atoms with E-state index in [-0.39, 0.29) is 5.56 Å². The summed E-state index contributed by atoms with van der Waals surface area (Å²) in [6, 6.07) is 17.4. The van der Waals surface area contributed by atoms with Crippen molar-refractivity contribution >= 4 is 34.7 Å². The van der Waals surface area contributed by atoms with Crippen LogP contribution in [0.15, 0.2) is 83.7 Å². The van der Waals surface area contributed by atoms with E-state index in [1.807, 2.05) is 0 Å². The van der Waals surface area contributed by atoms with Crippen LogP contribution < -0.4 is 21.6 Å². The zero-order valence-corrected chi connectivity index (χ0v) is 17.0. The van der Waals surface area contributed by atoms with Crippen molar-refractivity contribution in [1.29, 1.82) is 0 Å². The molecule has 0 unspecified atom stereocenters. The van der Waals surface area contributed by atoms with E-state index in [0.29, 0.717) is 26.8 Å². The van der Waals surface area contributed by atoms with Crippen LogP contribution in [-0.2, 0) is 12.4 Å². The maximum Gasteiger partial charge on any atom is 0.416 e. The van der Waals surface area contributed by atoms with Crippen LogP contribution in [0.3, 0.4) is 0 Å². The number of aromatic amines is 1. The predicted molar refractivity (Wildman–Crippen MR) is 113 cm³/mol. The smallest absolute Gasteiger partial charge is 0.321 e. The Morgan fingerprint density at radius 1 is 0.656 bits per heavy atom. The first kappa shape index (κ1) is 22.1. The van der Waals surface area contributed by atoms with Gasteiger partial charge in [0.25, 0.3) is 5.56 Å². The second-order valence-electron chi connectivity index (χ2n) is 7.00. The Hall–Kier alpha value is -3.12. The van der Waals surface area contributed by atoms with E-state index in [1.165, 1.54) is 24.3 Å². The molecule has 0 atom stereocenters. The lowest BCUT2D eigenvalue weighted by molar-refractivity contribution is -0.138. The first-order valence-electron chi connectivity index (χ1n) is 9.31. The lowest BCUT2D eigenvalue weighted by atomic mass is 10.2. The van der Waals surface area contributed by atoms with Gasteiger partial charge in [-0.2, -0.15) is 26.3 Å². The summed E-state index contributed by atoms with van der Waals surface area (Å²) in [6.07, 6.45) is -9.04. The standard InChI is InChI=1S/C23H14F6NOP/c24-22(25,26)15-5-9-17(10-6-15)32(18-11-7-16(8-12-18)23(27,28)29)20-13-14-3-1-2-4-19(14)21(31)30-20/h1-13H,(H,30,31). The summed E-state index contributed by atoms with van der Waals surface area (Å²) in [5, 5.41) is 1.97. The molecule has 4 rings (SSSR count). The fourth-order valence-corrected chi connectivity index (χ4v) is 5.57. The molecular weight excluding hydrogens is 451 g/mol. The molecule has 1 heterocycles. The minimum atomic E-state index is -4.52. The van der Waals surface area contributed by atoms with E-state index >= 15 is 0 Å². The number of hydrogen-bond donors (Lipinski definition) is 1. The molecule has 0 bridgehead atoms. The van der Waals surface area contributed by atoms with Gasteiger partial charge < -0.3 is 4.98 Å². The fraction of sp³-hybridized carbons (Fsp3) is 0.0870. The molecule has 1 aromatic heterocycles.